The summed E-state index contributed by atoms with van der Waals surface area (Å²) in [6.07, 6.45) is 23.0. The van der Waals surface area contributed by atoms with E-state index < -0.39 is 36.9 Å². The van der Waals surface area contributed by atoms with Crippen molar-refractivity contribution in [2.45, 2.75) is 82.6 Å². The van der Waals surface area contributed by atoms with Crippen LogP contribution in [0.5, 0.6) is 0 Å². The standard InChI is InChI=1S/C26H41NO6/c1-2-3-4-5-6-7-8-9-10-11-12-13-14-15-16-17-18-19-24(31)27-22(20-28)25(32)26(33)23(30)21-29/h10-20,22-23,25-26,29-30,32-33H,2-9,21H2,1H3,(H,27,31)/t22-,23+,25+,26+/m0/s1. The lowest BCUT2D eigenvalue weighted by Crippen LogP contribution is -2.53. The second kappa shape index (κ2) is 21.5. The Morgan fingerprint density at radius 3 is 1.91 bits per heavy atom. The van der Waals surface area contributed by atoms with Crippen LogP contribution in [0.25, 0.3) is 0 Å². The van der Waals surface area contributed by atoms with Gasteiger partial charge in [0.15, 0.2) is 0 Å². The molecule has 0 saturated carbocycles. The number of aldehydes is 1. The average molecular weight is 464 g/mol. The number of carbonyl (C=O) groups is 2. The third kappa shape index (κ3) is 16.9. The molecule has 0 heterocycles. The van der Waals surface area contributed by atoms with E-state index in [4.69, 9.17) is 5.11 Å². The number of allylic oxidation sites excluding steroid dienone is 9. The van der Waals surface area contributed by atoms with E-state index in [1.807, 2.05) is 24.3 Å². The van der Waals surface area contributed by atoms with Crippen LogP contribution in [0.15, 0.2) is 60.8 Å². The Kier molecular flexibility index (Phi) is 20.0. The molecule has 0 aromatic heterocycles. The molecule has 0 aliphatic rings. The average Bonchev–Trinajstić information content (AvgIpc) is 2.82. The van der Waals surface area contributed by atoms with Gasteiger partial charge < -0.3 is 30.5 Å². The van der Waals surface area contributed by atoms with Crippen LogP contribution in [0.2, 0.25) is 0 Å². The van der Waals surface area contributed by atoms with E-state index in [9.17, 15) is 24.9 Å². The number of aliphatic hydroxyl groups excluding tert-OH is 4. The normalized spacial score (nSPS) is 16.3. The first-order valence-electron chi connectivity index (χ1n) is 11.7. The van der Waals surface area contributed by atoms with Crippen molar-refractivity contribution in [3.05, 3.63) is 60.8 Å². The molecule has 0 saturated heterocycles. The second-order valence-corrected chi connectivity index (χ2v) is 7.75. The Hall–Kier alpha value is -2.32. The SMILES string of the molecule is CCCCCCCCCC=CC=CC=CC=CC=CC(=O)N[C@@H](C=O)[C@@H](O)[C@H](O)[C@H](O)CO. The zero-order valence-electron chi connectivity index (χ0n) is 19.6. The fourth-order valence-electron chi connectivity index (χ4n) is 2.88. The van der Waals surface area contributed by atoms with Crippen molar-refractivity contribution in [1.82, 2.24) is 5.32 Å². The maximum absolute atomic E-state index is 11.8. The van der Waals surface area contributed by atoms with Crippen molar-refractivity contribution in [2.24, 2.45) is 0 Å². The molecule has 0 fully saturated rings. The summed E-state index contributed by atoms with van der Waals surface area (Å²) in [5.74, 6) is -0.656. The molecule has 5 N–H and O–H groups in total. The summed E-state index contributed by atoms with van der Waals surface area (Å²) in [5.41, 5.74) is 0. The van der Waals surface area contributed by atoms with Gasteiger partial charge in [0, 0.05) is 6.08 Å². The molecule has 4 atom stereocenters. The van der Waals surface area contributed by atoms with Crippen LogP contribution < -0.4 is 5.32 Å². The third-order valence-corrected chi connectivity index (χ3v) is 4.89. The Labute approximate surface area is 197 Å². The fraction of sp³-hybridized carbons (Fsp3) is 0.538. The van der Waals surface area contributed by atoms with Gasteiger partial charge >= 0.3 is 0 Å². The first kappa shape index (κ1) is 30.7. The molecule has 1 amide bonds. The number of nitrogens with one attached hydrogen (secondary N) is 1. The second-order valence-electron chi connectivity index (χ2n) is 7.75. The molecular weight excluding hydrogens is 422 g/mol. The number of aliphatic hydroxyl groups is 4. The monoisotopic (exact) mass is 463 g/mol. The number of rotatable bonds is 19. The van der Waals surface area contributed by atoms with Crippen LogP contribution in [-0.4, -0.2) is 63.6 Å². The lowest BCUT2D eigenvalue weighted by atomic mass is 10.0. The van der Waals surface area contributed by atoms with Gasteiger partial charge in [-0.3, -0.25) is 4.79 Å². The maximum atomic E-state index is 11.8. The highest BCUT2D eigenvalue weighted by molar-refractivity contribution is 5.89. The molecule has 186 valence electrons. The summed E-state index contributed by atoms with van der Waals surface area (Å²) in [4.78, 5) is 22.8. The molecule has 0 spiro atoms. The lowest BCUT2D eigenvalue weighted by molar-refractivity contribution is -0.128. The molecule has 7 heteroatoms. The van der Waals surface area contributed by atoms with Gasteiger partial charge in [0.2, 0.25) is 5.91 Å². The van der Waals surface area contributed by atoms with E-state index in [0.717, 1.165) is 12.5 Å². The van der Waals surface area contributed by atoms with Crippen LogP contribution in [-0.2, 0) is 9.59 Å². The molecule has 0 aliphatic heterocycles. The van der Waals surface area contributed by atoms with Gasteiger partial charge in [-0.1, -0.05) is 100 Å². The van der Waals surface area contributed by atoms with Gasteiger partial charge in [0.25, 0.3) is 0 Å². The Morgan fingerprint density at radius 1 is 0.788 bits per heavy atom. The predicted octanol–water partition coefficient (Wildman–Crippen LogP) is 2.67. The van der Waals surface area contributed by atoms with E-state index in [1.165, 1.54) is 51.0 Å². The van der Waals surface area contributed by atoms with E-state index >= 15 is 0 Å². The zero-order chi connectivity index (χ0) is 24.7. The highest BCUT2D eigenvalue weighted by Gasteiger charge is 2.31. The van der Waals surface area contributed by atoms with Crippen molar-refractivity contribution in [1.29, 1.82) is 0 Å². The van der Waals surface area contributed by atoms with E-state index in [0.29, 0.717) is 0 Å². The summed E-state index contributed by atoms with van der Waals surface area (Å²) >= 11 is 0. The molecule has 0 radical (unpaired) electrons. The van der Waals surface area contributed by atoms with Crippen molar-refractivity contribution in [3.63, 3.8) is 0 Å². The number of unbranched alkanes of at least 4 members (excludes halogenated alkanes) is 7. The van der Waals surface area contributed by atoms with E-state index in [1.54, 1.807) is 18.2 Å². The Morgan fingerprint density at radius 2 is 1.33 bits per heavy atom. The third-order valence-electron chi connectivity index (χ3n) is 4.89. The summed E-state index contributed by atoms with van der Waals surface area (Å²) in [7, 11) is 0. The molecule has 0 unspecified atom stereocenters. The zero-order valence-corrected chi connectivity index (χ0v) is 19.6. The predicted molar refractivity (Wildman–Crippen MR) is 131 cm³/mol. The number of amides is 1. The topological polar surface area (TPSA) is 127 Å². The minimum absolute atomic E-state index is 0.248. The molecule has 0 aliphatic carbocycles. The molecule has 0 aromatic rings. The largest absolute Gasteiger partial charge is 0.394 e. The molecular formula is C26H41NO6. The molecule has 33 heavy (non-hydrogen) atoms. The van der Waals surface area contributed by atoms with E-state index in [2.05, 4.69) is 18.3 Å². The van der Waals surface area contributed by atoms with Crippen LogP contribution >= 0.6 is 0 Å². The number of carbonyl (C=O) groups excluding carboxylic acids is 2. The van der Waals surface area contributed by atoms with Crippen molar-refractivity contribution in [2.75, 3.05) is 6.61 Å². The quantitative estimate of drug-likeness (QED) is 0.0867. The van der Waals surface area contributed by atoms with Gasteiger partial charge in [-0.25, -0.2) is 0 Å². The lowest BCUT2D eigenvalue weighted by Gasteiger charge is -2.25. The molecule has 0 bridgehead atoms. The van der Waals surface area contributed by atoms with Crippen LogP contribution in [0, 0.1) is 0 Å². The first-order chi connectivity index (χ1) is 16.0. The Bertz CT molecular complexity index is 653. The van der Waals surface area contributed by atoms with Crippen LogP contribution in [0.1, 0.15) is 58.3 Å². The van der Waals surface area contributed by atoms with Gasteiger partial charge in [0.05, 0.1) is 6.61 Å². The van der Waals surface area contributed by atoms with Crippen molar-refractivity contribution in [3.8, 4) is 0 Å². The summed E-state index contributed by atoms with van der Waals surface area (Å²) in [6.45, 7) is 1.44. The maximum Gasteiger partial charge on any atom is 0.244 e. The highest BCUT2D eigenvalue weighted by Crippen LogP contribution is 2.08. The van der Waals surface area contributed by atoms with Gasteiger partial charge in [-0.2, -0.15) is 0 Å². The van der Waals surface area contributed by atoms with Gasteiger partial charge in [0.1, 0.15) is 30.6 Å². The van der Waals surface area contributed by atoms with E-state index in [-0.39, 0.29) is 6.29 Å². The minimum atomic E-state index is -1.78. The summed E-state index contributed by atoms with van der Waals surface area (Å²) in [5, 5.41) is 39.7. The molecule has 0 rings (SSSR count). The number of hydrogen-bond donors (Lipinski definition) is 5. The highest BCUT2D eigenvalue weighted by atomic mass is 16.4. The summed E-state index contributed by atoms with van der Waals surface area (Å²) < 4.78 is 0. The summed E-state index contributed by atoms with van der Waals surface area (Å²) in [6, 6.07) is -1.42. The molecule has 0 aromatic carbocycles. The van der Waals surface area contributed by atoms with Gasteiger partial charge in [-0.05, 0) is 12.8 Å². The minimum Gasteiger partial charge on any atom is -0.394 e. The van der Waals surface area contributed by atoms with Crippen molar-refractivity contribution < 1.29 is 30.0 Å². The van der Waals surface area contributed by atoms with Crippen LogP contribution in [0.3, 0.4) is 0 Å². The molecule has 7 nitrogen and oxygen atoms in total. The smallest absolute Gasteiger partial charge is 0.244 e. The fourth-order valence-corrected chi connectivity index (χ4v) is 2.88. The van der Waals surface area contributed by atoms with Crippen molar-refractivity contribution >= 4 is 12.2 Å². The number of hydrogen-bond acceptors (Lipinski definition) is 6. The van der Waals surface area contributed by atoms with Crippen LogP contribution in [0.4, 0.5) is 0 Å². The van der Waals surface area contributed by atoms with Gasteiger partial charge in [-0.15, -0.1) is 0 Å². The first-order valence-corrected chi connectivity index (χ1v) is 11.7. The Balaban J connectivity index is 4.11.